The molecular formula is C20H19FN2O. The zero-order valence-electron chi connectivity index (χ0n) is 13.4. The summed E-state index contributed by atoms with van der Waals surface area (Å²) in [6, 6.07) is 12.0. The molecule has 0 aliphatic heterocycles. The number of aryl methyl sites for hydroxylation is 2. The van der Waals surface area contributed by atoms with Crippen molar-refractivity contribution in [2.75, 3.05) is 0 Å². The van der Waals surface area contributed by atoms with Crippen LogP contribution in [0.25, 0.3) is 10.9 Å². The van der Waals surface area contributed by atoms with Gasteiger partial charge in [0.15, 0.2) is 0 Å². The van der Waals surface area contributed by atoms with E-state index in [-0.39, 0.29) is 11.7 Å². The third-order valence-corrected chi connectivity index (χ3v) is 4.73. The molecule has 0 unspecified atom stereocenters. The second kappa shape index (κ2) is 6.11. The van der Waals surface area contributed by atoms with Crippen molar-refractivity contribution in [3.63, 3.8) is 0 Å². The van der Waals surface area contributed by atoms with E-state index >= 15 is 0 Å². The normalized spacial score (nSPS) is 13.7. The minimum atomic E-state index is -0.271. The summed E-state index contributed by atoms with van der Waals surface area (Å²) < 4.78 is 12.9. The Morgan fingerprint density at radius 2 is 1.88 bits per heavy atom. The lowest BCUT2D eigenvalue weighted by atomic mass is 9.95. The summed E-state index contributed by atoms with van der Waals surface area (Å²) in [7, 11) is 0. The number of hydrogen-bond acceptors (Lipinski definition) is 1. The Kier molecular flexibility index (Phi) is 3.81. The fourth-order valence-corrected chi connectivity index (χ4v) is 3.43. The Hall–Kier alpha value is -2.62. The maximum absolute atomic E-state index is 12.9. The number of nitrogens with one attached hydrogen (secondary N) is 2. The molecule has 3 nitrogen and oxygen atoms in total. The zero-order chi connectivity index (χ0) is 16.5. The van der Waals surface area contributed by atoms with E-state index in [2.05, 4.69) is 10.3 Å². The number of benzene rings is 2. The molecule has 0 bridgehead atoms. The van der Waals surface area contributed by atoms with Gasteiger partial charge in [0.25, 0.3) is 5.91 Å². The van der Waals surface area contributed by atoms with Gasteiger partial charge in [0, 0.05) is 28.7 Å². The van der Waals surface area contributed by atoms with E-state index in [1.807, 2.05) is 18.2 Å². The van der Waals surface area contributed by atoms with Gasteiger partial charge in [-0.1, -0.05) is 12.1 Å². The van der Waals surface area contributed by atoms with Gasteiger partial charge in [-0.25, -0.2) is 4.39 Å². The third-order valence-electron chi connectivity index (χ3n) is 4.73. The Bertz CT molecular complexity index is 896. The van der Waals surface area contributed by atoms with E-state index in [0.717, 1.165) is 23.9 Å². The van der Waals surface area contributed by atoms with Crippen LogP contribution in [0.5, 0.6) is 0 Å². The Morgan fingerprint density at radius 3 is 2.71 bits per heavy atom. The van der Waals surface area contributed by atoms with Crippen molar-refractivity contribution in [2.24, 2.45) is 0 Å². The van der Waals surface area contributed by atoms with Gasteiger partial charge in [0.05, 0.1) is 0 Å². The zero-order valence-corrected chi connectivity index (χ0v) is 13.4. The molecule has 1 aliphatic carbocycles. The van der Waals surface area contributed by atoms with Crippen molar-refractivity contribution in [1.29, 1.82) is 0 Å². The molecule has 0 radical (unpaired) electrons. The van der Waals surface area contributed by atoms with E-state index in [1.54, 1.807) is 12.1 Å². The molecule has 4 heteroatoms. The highest BCUT2D eigenvalue weighted by Gasteiger charge is 2.16. The molecule has 1 heterocycles. The first-order valence-electron chi connectivity index (χ1n) is 8.37. The molecule has 2 N–H and O–H groups in total. The van der Waals surface area contributed by atoms with Gasteiger partial charge >= 0.3 is 0 Å². The molecule has 0 fully saturated rings. The molecule has 0 saturated heterocycles. The monoisotopic (exact) mass is 322 g/mol. The molecule has 0 atom stereocenters. The highest BCUT2D eigenvalue weighted by atomic mass is 19.1. The summed E-state index contributed by atoms with van der Waals surface area (Å²) in [6.45, 7) is 0.391. The van der Waals surface area contributed by atoms with Crippen LogP contribution in [-0.2, 0) is 19.4 Å². The third kappa shape index (κ3) is 2.80. The summed E-state index contributed by atoms with van der Waals surface area (Å²) in [5.41, 5.74) is 5.34. The highest BCUT2D eigenvalue weighted by Crippen LogP contribution is 2.29. The van der Waals surface area contributed by atoms with Crippen LogP contribution in [0.15, 0.2) is 42.5 Å². The maximum atomic E-state index is 12.9. The largest absolute Gasteiger partial charge is 0.358 e. The summed E-state index contributed by atoms with van der Waals surface area (Å²) in [6.07, 6.45) is 4.61. The van der Waals surface area contributed by atoms with Crippen LogP contribution >= 0.6 is 0 Å². The van der Waals surface area contributed by atoms with E-state index in [0.29, 0.717) is 12.1 Å². The van der Waals surface area contributed by atoms with Gasteiger partial charge in [0.1, 0.15) is 5.82 Å². The van der Waals surface area contributed by atoms with Gasteiger partial charge < -0.3 is 10.3 Å². The van der Waals surface area contributed by atoms with Crippen LogP contribution in [0.1, 0.15) is 40.0 Å². The molecule has 0 spiro atoms. The van der Waals surface area contributed by atoms with Crippen LogP contribution in [0.4, 0.5) is 4.39 Å². The number of amides is 1. The van der Waals surface area contributed by atoms with E-state index in [4.69, 9.17) is 0 Å². The first-order valence-corrected chi connectivity index (χ1v) is 8.37. The van der Waals surface area contributed by atoms with Crippen LogP contribution in [0.2, 0.25) is 0 Å². The Morgan fingerprint density at radius 1 is 1.08 bits per heavy atom. The summed E-state index contributed by atoms with van der Waals surface area (Å²) in [5, 5.41) is 4.07. The molecule has 3 aromatic rings. The first-order chi connectivity index (χ1) is 11.7. The first kappa shape index (κ1) is 14.9. The van der Waals surface area contributed by atoms with E-state index in [1.165, 1.54) is 41.6 Å². The van der Waals surface area contributed by atoms with Crippen molar-refractivity contribution < 1.29 is 9.18 Å². The van der Waals surface area contributed by atoms with Crippen molar-refractivity contribution >= 4 is 16.8 Å². The van der Waals surface area contributed by atoms with Crippen molar-refractivity contribution in [3.8, 4) is 0 Å². The number of H-pyrrole nitrogens is 1. The number of hydrogen-bond donors (Lipinski definition) is 2. The van der Waals surface area contributed by atoms with Gasteiger partial charge in [-0.3, -0.25) is 4.79 Å². The number of rotatable bonds is 3. The van der Waals surface area contributed by atoms with Crippen LogP contribution in [0.3, 0.4) is 0 Å². The molecule has 2 aromatic carbocycles. The molecule has 1 amide bonds. The van der Waals surface area contributed by atoms with Crippen LogP contribution < -0.4 is 5.32 Å². The Labute approximate surface area is 139 Å². The summed E-state index contributed by atoms with van der Waals surface area (Å²) >= 11 is 0. The Balaban J connectivity index is 1.54. The minimum absolute atomic E-state index is 0.105. The lowest BCUT2D eigenvalue weighted by Gasteiger charge is -2.10. The van der Waals surface area contributed by atoms with Crippen molar-refractivity contribution in [1.82, 2.24) is 10.3 Å². The molecule has 24 heavy (non-hydrogen) atoms. The molecule has 4 rings (SSSR count). The number of fused-ring (bicyclic) bond motifs is 3. The topological polar surface area (TPSA) is 44.9 Å². The number of carbonyl (C=O) groups excluding carboxylic acids is 1. The predicted octanol–water partition coefficient (Wildman–Crippen LogP) is 4.12. The number of carbonyl (C=O) groups is 1. The van der Waals surface area contributed by atoms with Crippen molar-refractivity contribution in [3.05, 3.63) is 70.7 Å². The lowest BCUT2D eigenvalue weighted by molar-refractivity contribution is 0.0951. The standard InChI is InChI=1S/C20H19FN2O/c21-15-8-5-13(6-9-15)12-22-20(24)14-7-10-19-17(11-14)16-3-1-2-4-18(16)23-19/h5-11,23H,1-4,12H2,(H,22,24). The SMILES string of the molecule is O=C(NCc1ccc(F)cc1)c1ccc2[nH]c3c(c2c1)CCCC3. The average molecular weight is 322 g/mol. The van der Waals surface area contributed by atoms with Crippen LogP contribution in [-0.4, -0.2) is 10.9 Å². The quantitative estimate of drug-likeness (QED) is 0.749. The molecule has 122 valence electrons. The van der Waals surface area contributed by atoms with Gasteiger partial charge in [-0.2, -0.15) is 0 Å². The fourth-order valence-electron chi connectivity index (χ4n) is 3.43. The molecule has 1 aromatic heterocycles. The van der Waals surface area contributed by atoms with Gasteiger partial charge in [0.2, 0.25) is 0 Å². The molecule has 1 aliphatic rings. The van der Waals surface area contributed by atoms with Crippen molar-refractivity contribution in [2.45, 2.75) is 32.2 Å². The second-order valence-electron chi connectivity index (χ2n) is 6.36. The number of halogens is 1. The number of aromatic nitrogens is 1. The maximum Gasteiger partial charge on any atom is 0.251 e. The van der Waals surface area contributed by atoms with Gasteiger partial charge in [-0.15, -0.1) is 0 Å². The number of aromatic amines is 1. The predicted molar refractivity (Wildman–Crippen MR) is 92.5 cm³/mol. The molecule has 0 saturated carbocycles. The summed E-state index contributed by atoms with van der Waals surface area (Å²) in [4.78, 5) is 15.9. The van der Waals surface area contributed by atoms with Crippen LogP contribution in [0, 0.1) is 5.82 Å². The smallest absolute Gasteiger partial charge is 0.251 e. The second-order valence-corrected chi connectivity index (χ2v) is 6.36. The van der Waals surface area contributed by atoms with E-state index in [9.17, 15) is 9.18 Å². The minimum Gasteiger partial charge on any atom is -0.358 e. The summed E-state index contributed by atoms with van der Waals surface area (Å²) in [5.74, 6) is -0.375. The fraction of sp³-hybridized carbons (Fsp3) is 0.250. The molecular weight excluding hydrogens is 303 g/mol. The average Bonchev–Trinajstić information content (AvgIpc) is 2.99. The van der Waals surface area contributed by atoms with Gasteiger partial charge in [-0.05, 0) is 67.1 Å². The highest BCUT2D eigenvalue weighted by molar-refractivity contribution is 5.99. The van der Waals surface area contributed by atoms with E-state index < -0.39 is 0 Å². The lowest BCUT2D eigenvalue weighted by Crippen LogP contribution is -2.22.